The fourth-order valence-corrected chi connectivity index (χ4v) is 3.57. The van der Waals surface area contributed by atoms with Gasteiger partial charge in [-0.05, 0) is 38.7 Å². The third-order valence-electron chi connectivity index (χ3n) is 4.99. The lowest BCUT2D eigenvalue weighted by molar-refractivity contribution is -0.142. The van der Waals surface area contributed by atoms with Gasteiger partial charge in [0.15, 0.2) is 0 Å². The van der Waals surface area contributed by atoms with E-state index in [1.165, 1.54) is 0 Å². The smallest absolute Gasteiger partial charge is 0.239 e. The number of rotatable bonds is 4. The van der Waals surface area contributed by atoms with E-state index in [-0.39, 0.29) is 42.7 Å². The van der Waals surface area contributed by atoms with Crippen molar-refractivity contribution in [2.24, 2.45) is 11.7 Å². The highest BCUT2D eigenvalue weighted by Crippen LogP contribution is 2.20. The van der Waals surface area contributed by atoms with E-state index >= 15 is 0 Å². The van der Waals surface area contributed by atoms with Crippen LogP contribution in [-0.4, -0.2) is 65.6 Å². The topological polar surface area (TPSA) is 82.6 Å². The van der Waals surface area contributed by atoms with Gasteiger partial charge in [-0.3, -0.25) is 9.48 Å². The minimum absolute atomic E-state index is 0. The number of aromatic nitrogens is 2. The van der Waals surface area contributed by atoms with Crippen LogP contribution in [0.25, 0.3) is 0 Å². The Balaban J connectivity index is 0.00000169. The lowest BCUT2D eigenvalue weighted by Crippen LogP contribution is -2.54. The Morgan fingerprint density at radius 1 is 1.31 bits per heavy atom. The van der Waals surface area contributed by atoms with E-state index in [4.69, 9.17) is 15.2 Å². The number of halogens is 2. The van der Waals surface area contributed by atoms with Crippen LogP contribution >= 0.6 is 24.8 Å². The molecule has 7 nitrogen and oxygen atoms in total. The minimum atomic E-state index is -0.429. The summed E-state index contributed by atoms with van der Waals surface area (Å²) in [6.45, 7) is 7.83. The summed E-state index contributed by atoms with van der Waals surface area (Å²) < 4.78 is 13.1. The number of hydrogen-bond acceptors (Lipinski definition) is 5. The molecule has 2 aliphatic heterocycles. The molecule has 150 valence electrons. The van der Waals surface area contributed by atoms with Gasteiger partial charge in [-0.1, -0.05) is 0 Å². The van der Waals surface area contributed by atoms with E-state index in [0.29, 0.717) is 39.5 Å². The van der Waals surface area contributed by atoms with Crippen molar-refractivity contribution in [2.45, 2.75) is 45.4 Å². The van der Waals surface area contributed by atoms with Gasteiger partial charge in [-0.25, -0.2) is 0 Å². The number of carbonyl (C=O) groups is 1. The molecular weight excluding hydrogens is 379 g/mol. The molecule has 0 saturated carbocycles. The van der Waals surface area contributed by atoms with Gasteiger partial charge in [-0.2, -0.15) is 5.10 Å². The summed E-state index contributed by atoms with van der Waals surface area (Å²) in [6.07, 6.45) is 1.70. The molecule has 2 atom stereocenters. The van der Waals surface area contributed by atoms with Gasteiger partial charge >= 0.3 is 0 Å². The van der Waals surface area contributed by atoms with Crippen molar-refractivity contribution in [2.75, 3.05) is 32.9 Å². The molecule has 1 aromatic heterocycles. The molecule has 2 unspecified atom stereocenters. The molecule has 1 amide bonds. The molecule has 2 N–H and O–H groups in total. The van der Waals surface area contributed by atoms with Crippen LogP contribution in [0.2, 0.25) is 0 Å². The number of nitrogens with two attached hydrogens (primary N) is 1. The Bertz CT molecular complexity index is 578. The van der Waals surface area contributed by atoms with Crippen LogP contribution in [0.3, 0.4) is 0 Å². The molecular formula is C17H30Cl2N4O3. The lowest BCUT2D eigenvalue weighted by atomic mass is 9.91. The first-order valence-corrected chi connectivity index (χ1v) is 8.79. The van der Waals surface area contributed by atoms with Crippen LogP contribution in [0, 0.1) is 19.8 Å². The van der Waals surface area contributed by atoms with E-state index in [1.807, 2.05) is 29.5 Å². The summed E-state index contributed by atoms with van der Waals surface area (Å²) >= 11 is 0. The lowest BCUT2D eigenvalue weighted by Gasteiger charge is -2.36. The fraction of sp³-hybridized carbons (Fsp3) is 0.765. The van der Waals surface area contributed by atoms with Gasteiger partial charge in [0.25, 0.3) is 0 Å². The Morgan fingerprint density at radius 2 is 2.00 bits per heavy atom. The zero-order valence-corrected chi connectivity index (χ0v) is 17.1. The van der Waals surface area contributed by atoms with Crippen LogP contribution in [0.15, 0.2) is 6.07 Å². The maximum absolute atomic E-state index is 12.7. The average molecular weight is 409 g/mol. The van der Waals surface area contributed by atoms with Crippen molar-refractivity contribution in [1.82, 2.24) is 14.7 Å². The van der Waals surface area contributed by atoms with Crippen molar-refractivity contribution in [3.63, 3.8) is 0 Å². The number of morpholine rings is 1. The van der Waals surface area contributed by atoms with Gasteiger partial charge in [0.1, 0.15) is 0 Å². The Hall–Kier alpha value is -0.860. The summed E-state index contributed by atoms with van der Waals surface area (Å²) in [5.41, 5.74) is 8.35. The third-order valence-corrected chi connectivity index (χ3v) is 4.99. The first kappa shape index (κ1) is 23.2. The number of aryl methyl sites for hydroxylation is 2. The highest BCUT2D eigenvalue weighted by molar-refractivity contribution is 5.85. The standard InChI is InChI=1S/C17H28N4O3.2ClH/c1-12-9-13(2)21(19-12)11-15-10-20(5-8-24-15)17(22)16(18)14-3-6-23-7-4-14;;/h9,14-16H,3-8,10-11,18H2,1-2H3;2*1H. The molecule has 3 rings (SSSR count). The van der Waals surface area contributed by atoms with Crippen LogP contribution in [0.5, 0.6) is 0 Å². The van der Waals surface area contributed by atoms with Crippen molar-refractivity contribution < 1.29 is 14.3 Å². The van der Waals surface area contributed by atoms with Crippen molar-refractivity contribution in [1.29, 1.82) is 0 Å². The SMILES string of the molecule is Cc1cc(C)n(CC2CN(C(=O)C(N)C3CCOCC3)CCO2)n1.Cl.Cl. The summed E-state index contributed by atoms with van der Waals surface area (Å²) in [7, 11) is 0. The zero-order chi connectivity index (χ0) is 17.1. The average Bonchev–Trinajstić information content (AvgIpc) is 2.92. The molecule has 0 spiro atoms. The predicted octanol–water partition coefficient (Wildman–Crippen LogP) is 1.32. The number of ether oxygens (including phenoxy) is 2. The van der Waals surface area contributed by atoms with Crippen LogP contribution in [0.4, 0.5) is 0 Å². The predicted molar refractivity (Wildman–Crippen MR) is 104 cm³/mol. The molecule has 0 aromatic carbocycles. The highest BCUT2D eigenvalue weighted by atomic mass is 35.5. The second kappa shape index (κ2) is 10.5. The Kier molecular flexibility index (Phi) is 9.33. The third kappa shape index (κ3) is 5.57. The molecule has 2 aliphatic rings. The quantitative estimate of drug-likeness (QED) is 0.811. The summed E-state index contributed by atoms with van der Waals surface area (Å²) in [4.78, 5) is 14.6. The van der Waals surface area contributed by atoms with Gasteiger partial charge in [0.2, 0.25) is 5.91 Å². The van der Waals surface area contributed by atoms with Gasteiger partial charge in [0, 0.05) is 32.0 Å². The number of carbonyl (C=O) groups excluding carboxylic acids is 1. The monoisotopic (exact) mass is 408 g/mol. The van der Waals surface area contributed by atoms with E-state index in [1.54, 1.807) is 0 Å². The molecule has 3 heterocycles. The van der Waals surface area contributed by atoms with E-state index in [0.717, 1.165) is 24.2 Å². The van der Waals surface area contributed by atoms with Crippen molar-refractivity contribution in [3.05, 3.63) is 17.5 Å². The Labute approximate surface area is 167 Å². The van der Waals surface area contributed by atoms with E-state index < -0.39 is 6.04 Å². The summed E-state index contributed by atoms with van der Waals surface area (Å²) in [6, 6.07) is 1.62. The highest BCUT2D eigenvalue weighted by Gasteiger charge is 2.32. The first-order valence-electron chi connectivity index (χ1n) is 8.79. The molecule has 1 aromatic rings. The normalized spacial score (nSPS) is 22.3. The summed E-state index contributed by atoms with van der Waals surface area (Å²) in [5.74, 6) is 0.270. The zero-order valence-electron chi connectivity index (χ0n) is 15.4. The molecule has 9 heteroatoms. The molecule has 2 fully saturated rings. The first-order chi connectivity index (χ1) is 11.5. The van der Waals surface area contributed by atoms with Crippen molar-refractivity contribution >= 4 is 30.7 Å². The van der Waals surface area contributed by atoms with Gasteiger partial charge in [-0.15, -0.1) is 24.8 Å². The maximum atomic E-state index is 12.7. The number of hydrogen-bond donors (Lipinski definition) is 1. The molecule has 0 bridgehead atoms. The number of nitrogens with zero attached hydrogens (tertiary/aromatic N) is 3. The van der Waals surface area contributed by atoms with Crippen LogP contribution in [0.1, 0.15) is 24.2 Å². The van der Waals surface area contributed by atoms with Crippen molar-refractivity contribution in [3.8, 4) is 0 Å². The second-order valence-corrected chi connectivity index (χ2v) is 6.86. The van der Waals surface area contributed by atoms with E-state index in [9.17, 15) is 4.79 Å². The molecule has 0 aliphatic carbocycles. The molecule has 2 saturated heterocycles. The largest absolute Gasteiger partial charge is 0.381 e. The van der Waals surface area contributed by atoms with Gasteiger partial charge in [0.05, 0.1) is 31.0 Å². The van der Waals surface area contributed by atoms with Crippen LogP contribution in [-0.2, 0) is 20.8 Å². The second-order valence-electron chi connectivity index (χ2n) is 6.86. The Morgan fingerprint density at radius 3 is 2.62 bits per heavy atom. The fourth-order valence-electron chi connectivity index (χ4n) is 3.57. The number of amides is 1. The summed E-state index contributed by atoms with van der Waals surface area (Å²) in [5, 5.41) is 4.48. The minimum Gasteiger partial charge on any atom is -0.381 e. The van der Waals surface area contributed by atoms with E-state index in [2.05, 4.69) is 5.10 Å². The van der Waals surface area contributed by atoms with Gasteiger partial charge < -0.3 is 20.1 Å². The maximum Gasteiger partial charge on any atom is 0.239 e. The molecule has 26 heavy (non-hydrogen) atoms. The molecule has 0 radical (unpaired) electrons. The van der Waals surface area contributed by atoms with Crippen LogP contribution < -0.4 is 5.73 Å².